The monoisotopic (exact) mass is 178 g/mol. The summed E-state index contributed by atoms with van der Waals surface area (Å²) in [5.41, 5.74) is 0. The molecule has 0 fully saturated rings. The van der Waals surface area contributed by atoms with Gasteiger partial charge in [-0.2, -0.15) is 0 Å². The molecule has 0 atom stereocenters. The Morgan fingerprint density at radius 3 is 1.00 bits per heavy atom. The van der Waals surface area contributed by atoms with Crippen molar-refractivity contribution < 1.29 is 28.1 Å². The SMILES string of the molecule is O=[Si]([O-])O.O=[Si]([O-])O.[Mg+2]. The zero-order valence-electron chi connectivity index (χ0n) is 4.23. The molecule has 0 unspecified atom stereocenters. The molecule has 0 amide bonds. The molecule has 0 aromatic rings. The van der Waals surface area contributed by atoms with Crippen molar-refractivity contribution >= 4 is 41.4 Å². The van der Waals surface area contributed by atoms with Crippen LogP contribution in [0.15, 0.2) is 0 Å². The van der Waals surface area contributed by atoms with Crippen molar-refractivity contribution in [1.29, 1.82) is 0 Å². The minimum atomic E-state index is -3.38. The van der Waals surface area contributed by atoms with E-state index < -0.39 is 18.3 Å². The number of hydrogen-bond donors (Lipinski definition) is 2. The molecule has 0 aromatic heterocycles. The predicted octanol–water partition coefficient (Wildman–Crippen LogP) is -4.87. The Morgan fingerprint density at radius 2 is 1.00 bits per heavy atom. The third-order valence-electron chi connectivity index (χ3n) is 0. The largest absolute Gasteiger partial charge is 2.00 e. The van der Waals surface area contributed by atoms with E-state index >= 15 is 0 Å². The summed E-state index contributed by atoms with van der Waals surface area (Å²) < 4.78 is 17.3. The summed E-state index contributed by atoms with van der Waals surface area (Å²) in [6.07, 6.45) is 0. The maximum Gasteiger partial charge on any atom is 2.00 e. The van der Waals surface area contributed by atoms with Gasteiger partial charge in [-0.05, 0) is 0 Å². The van der Waals surface area contributed by atoms with E-state index in [0.29, 0.717) is 0 Å². The van der Waals surface area contributed by atoms with E-state index in [-0.39, 0.29) is 23.1 Å². The van der Waals surface area contributed by atoms with Gasteiger partial charge in [0.15, 0.2) is 0 Å². The van der Waals surface area contributed by atoms with Crippen molar-refractivity contribution in [2.24, 2.45) is 0 Å². The fourth-order valence-corrected chi connectivity index (χ4v) is 0. The second-order valence-electron chi connectivity index (χ2n) is 0.532. The molecule has 0 radical (unpaired) electrons. The molecule has 48 valence electrons. The first-order valence-corrected chi connectivity index (χ1v) is 3.79. The van der Waals surface area contributed by atoms with Crippen LogP contribution in [-0.2, 0) is 8.92 Å². The molecule has 0 aliphatic carbocycles. The van der Waals surface area contributed by atoms with Gasteiger partial charge in [0.25, 0.3) is 0 Å². The first kappa shape index (κ1) is 16.0. The molecular formula is H2MgO6Si2. The van der Waals surface area contributed by atoms with Crippen LogP contribution >= 0.6 is 0 Å². The molecule has 6 nitrogen and oxygen atoms in total. The average molecular weight is 178 g/mol. The van der Waals surface area contributed by atoms with Gasteiger partial charge in [-0.3, -0.25) is 0 Å². The van der Waals surface area contributed by atoms with E-state index in [4.69, 9.17) is 28.1 Å². The van der Waals surface area contributed by atoms with Gasteiger partial charge in [0.2, 0.25) is 0 Å². The van der Waals surface area contributed by atoms with Crippen molar-refractivity contribution in [2.75, 3.05) is 0 Å². The molecule has 0 rings (SSSR count). The summed E-state index contributed by atoms with van der Waals surface area (Å²) >= 11 is 0. The molecule has 0 aliphatic heterocycles. The second-order valence-corrected chi connectivity index (χ2v) is 1.60. The van der Waals surface area contributed by atoms with Gasteiger partial charge in [-0.1, -0.05) is 0 Å². The zero-order chi connectivity index (χ0) is 7.15. The van der Waals surface area contributed by atoms with Crippen molar-refractivity contribution in [2.45, 2.75) is 0 Å². The normalized spacial score (nSPS) is 5.33. The van der Waals surface area contributed by atoms with Gasteiger partial charge >= 0.3 is 41.4 Å². The van der Waals surface area contributed by atoms with E-state index in [0.717, 1.165) is 0 Å². The Bertz CT molecular complexity index is 69.1. The smallest absolute Gasteiger partial charge is 0.604 e. The molecule has 0 heterocycles. The quantitative estimate of drug-likeness (QED) is 0.359. The van der Waals surface area contributed by atoms with Crippen molar-refractivity contribution in [3.8, 4) is 0 Å². The van der Waals surface area contributed by atoms with Gasteiger partial charge in [0, 0.05) is 0 Å². The third-order valence-corrected chi connectivity index (χ3v) is 0. The van der Waals surface area contributed by atoms with Gasteiger partial charge in [0.1, 0.15) is 0 Å². The maximum atomic E-state index is 8.63. The molecule has 0 bridgehead atoms. The van der Waals surface area contributed by atoms with Crippen LogP contribution in [0.5, 0.6) is 0 Å². The van der Waals surface area contributed by atoms with Gasteiger partial charge < -0.3 is 28.1 Å². The van der Waals surface area contributed by atoms with Crippen LogP contribution < -0.4 is 9.59 Å². The summed E-state index contributed by atoms with van der Waals surface area (Å²) in [5.74, 6) is 0. The summed E-state index contributed by atoms with van der Waals surface area (Å²) in [7, 11) is -6.76. The second kappa shape index (κ2) is 10.9. The number of hydrogen-bond acceptors (Lipinski definition) is 4. The molecule has 2 N–H and O–H groups in total. The Morgan fingerprint density at radius 1 is 1.00 bits per heavy atom. The molecule has 0 spiro atoms. The minimum absolute atomic E-state index is 0. The van der Waals surface area contributed by atoms with Gasteiger partial charge in [-0.25, -0.2) is 0 Å². The van der Waals surface area contributed by atoms with Gasteiger partial charge in [0.05, 0.1) is 0 Å². The zero-order valence-corrected chi connectivity index (χ0v) is 7.65. The van der Waals surface area contributed by atoms with Crippen molar-refractivity contribution in [3.05, 3.63) is 0 Å². The maximum absolute atomic E-state index is 8.63. The number of rotatable bonds is 0. The van der Waals surface area contributed by atoms with Crippen LogP contribution in [0.1, 0.15) is 0 Å². The minimum Gasteiger partial charge on any atom is -0.604 e. The van der Waals surface area contributed by atoms with E-state index in [1.807, 2.05) is 0 Å². The predicted molar refractivity (Wildman–Crippen MR) is 23.1 cm³/mol. The topological polar surface area (TPSA) is 121 Å². The Hall–Kier alpha value is 0.000000000000000222. The summed E-state index contributed by atoms with van der Waals surface area (Å²) in [4.78, 5) is 31.4. The molecule has 0 saturated heterocycles. The summed E-state index contributed by atoms with van der Waals surface area (Å²) in [5, 5.41) is 0. The van der Waals surface area contributed by atoms with E-state index in [2.05, 4.69) is 0 Å². The van der Waals surface area contributed by atoms with Crippen LogP contribution in [0.2, 0.25) is 0 Å². The van der Waals surface area contributed by atoms with Gasteiger partial charge in [-0.15, -0.1) is 0 Å². The van der Waals surface area contributed by atoms with E-state index in [9.17, 15) is 0 Å². The van der Waals surface area contributed by atoms with Crippen LogP contribution in [-0.4, -0.2) is 51.0 Å². The van der Waals surface area contributed by atoms with E-state index in [1.54, 1.807) is 0 Å². The Balaban J connectivity index is -0.0000000720. The summed E-state index contributed by atoms with van der Waals surface area (Å²) in [6.45, 7) is 0. The average Bonchev–Trinajstić information content (AvgIpc) is 1.25. The Kier molecular flexibility index (Phi) is 19.4. The van der Waals surface area contributed by atoms with Crippen molar-refractivity contribution in [1.82, 2.24) is 0 Å². The summed E-state index contributed by atoms with van der Waals surface area (Å²) in [6, 6.07) is 0. The fourth-order valence-electron chi connectivity index (χ4n) is 0. The molecule has 0 aliphatic rings. The molecular weight excluding hydrogens is 176 g/mol. The molecule has 9 heteroatoms. The fraction of sp³-hybridized carbons (Fsp3) is 0. The van der Waals surface area contributed by atoms with Crippen LogP contribution in [0, 0.1) is 0 Å². The first-order chi connectivity index (χ1) is 3.46. The standard InChI is InChI=1S/Mg.2HO3Si/c;2*1-4(2)3/h;2*1H/q+2;2*-1. The third kappa shape index (κ3) is 5840000000000000327795391544164352. The van der Waals surface area contributed by atoms with Crippen LogP contribution in [0.4, 0.5) is 0 Å². The van der Waals surface area contributed by atoms with Crippen molar-refractivity contribution in [3.63, 3.8) is 0 Å². The first-order valence-electron chi connectivity index (χ1n) is 1.26. The Labute approximate surface area is 69.7 Å². The molecule has 0 aromatic carbocycles. The molecule has 0 saturated carbocycles. The molecule has 9 heavy (non-hydrogen) atoms. The van der Waals surface area contributed by atoms with Crippen LogP contribution in [0.3, 0.4) is 0 Å². The van der Waals surface area contributed by atoms with Crippen LogP contribution in [0.25, 0.3) is 0 Å². The van der Waals surface area contributed by atoms with E-state index in [1.165, 1.54) is 0 Å².